The smallest absolute Gasteiger partial charge is 0.106 e. The van der Waals surface area contributed by atoms with Gasteiger partial charge in [-0.1, -0.05) is 40.3 Å². The molecule has 2 aromatic carbocycles. The van der Waals surface area contributed by atoms with E-state index in [0.29, 0.717) is 4.99 Å². The van der Waals surface area contributed by atoms with Gasteiger partial charge in [0, 0.05) is 21.4 Å². The molecule has 0 fully saturated rings. The molecular weight excluding hydrogens is 320 g/mol. The van der Waals surface area contributed by atoms with Gasteiger partial charge < -0.3 is 11.1 Å². The third-order valence-corrected chi connectivity index (χ3v) is 4.38. The summed E-state index contributed by atoms with van der Waals surface area (Å²) in [4.78, 5) is 0.397. The van der Waals surface area contributed by atoms with Crippen LogP contribution >= 0.6 is 28.1 Å². The number of para-hydroxylation sites is 1. The van der Waals surface area contributed by atoms with Crippen LogP contribution in [-0.4, -0.2) is 4.99 Å². The molecule has 98 valence electrons. The lowest BCUT2D eigenvalue weighted by atomic mass is 10.1. The predicted molar refractivity (Wildman–Crippen MR) is 89.2 cm³/mol. The van der Waals surface area contributed by atoms with Crippen molar-refractivity contribution in [3.63, 3.8) is 0 Å². The monoisotopic (exact) mass is 334 g/mol. The van der Waals surface area contributed by atoms with Gasteiger partial charge in [0.15, 0.2) is 0 Å². The number of benzene rings is 2. The highest BCUT2D eigenvalue weighted by molar-refractivity contribution is 9.10. The molecule has 0 amide bonds. The molecule has 2 aromatic rings. The number of anilines is 2. The van der Waals surface area contributed by atoms with Crippen LogP contribution in [0.4, 0.5) is 11.4 Å². The van der Waals surface area contributed by atoms with Gasteiger partial charge in [0.05, 0.1) is 0 Å². The molecule has 0 spiro atoms. The summed E-state index contributed by atoms with van der Waals surface area (Å²) < 4.78 is 1.14. The molecule has 0 unspecified atom stereocenters. The van der Waals surface area contributed by atoms with Crippen molar-refractivity contribution in [2.75, 3.05) is 5.32 Å². The second kappa shape index (κ2) is 5.72. The summed E-state index contributed by atoms with van der Waals surface area (Å²) in [6.45, 7) is 4.14. The lowest BCUT2D eigenvalue weighted by molar-refractivity contribution is 1.33. The summed E-state index contributed by atoms with van der Waals surface area (Å²) in [7, 11) is 0. The first-order valence-corrected chi connectivity index (χ1v) is 7.12. The first kappa shape index (κ1) is 14.0. The molecule has 0 aromatic heterocycles. The topological polar surface area (TPSA) is 38.0 Å². The number of hydrogen-bond acceptors (Lipinski definition) is 2. The maximum atomic E-state index is 5.74. The predicted octanol–water partition coefficient (Wildman–Crippen LogP) is 4.44. The number of thiocarbonyl (C=S) groups is 1. The molecule has 0 aliphatic rings. The Hall–Kier alpha value is -1.39. The zero-order valence-electron chi connectivity index (χ0n) is 10.8. The quantitative estimate of drug-likeness (QED) is 0.814. The zero-order valence-corrected chi connectivity index (χ0v) is 13.2. The minimum Gasteiger partial charge on any atom is -0.389 e. The number of hydrogen-bond donors (Lipinski definition) is 2. The van der Waals surface area contributed by atoms with Crippen molar-refractivity contribution in [1.29, 1.82) is 0 Å². The summed E-state index contributed by atoms with van der Waals surface area (Å²) in [6, 6.07) is 12.0. The summed E-state index contributed by atoms with van der Waals surface area (Å²) >= 11 is 8.64. The number of aryl methyl sites for hydroxylation is 2. The molecule has 0 saturated carbocycles. The van der Waals surface area contributed by atoms with Crippen LogP contribution in [0.2, 0.25) is 0 Å². The molecule has 0 saturated heterocycles. The lowest BCUT2D eigenvalue weighted by Crippen LogP contribution is -2.11. The average molecular weight is 335 g/mol. The van der Waals surface area contributed by atoms with E-state index in [2.05, 4.69) is 47.2 Å². The van der Waals surface area contributed by atoms with E-state index in [9.17, 15) is 0 Å². The molecule has 0 aliphatic carbocycles. The van der Waals surface area contributed by atoms with Crippen LogP contribution in [0.1, 0.15) is 16.7 Å². The summed E-state index contributed by atoms with van der Waals surface area (Å²) in [5.74, 6) is 0. The van der Waals surface area contributed by atoms with Crippen molar-refractivity contribution in [3.05, 3.63) is 57.6 Å². The maximum Gasteiger partial charge on any atom is 0.106 e. The number of nitrogens with two attached hydrogens (primary N) is 1. The van der Waals surface area contributed by atoms with Crippen LogP contribution < -0.4 is 11.1 Å². The molecule has 0 heterocycles. The van der Waals surface area contributed by atoms with Gasteiger partial charge in [-0.2, -0.15) is 0 Å². The fourth-order valence-corrected chi connectivity index (χ4v) is 2.39. The fourth-order valence-electron chi connectivity index (χ4n) is 1.98. The maximum absolute atomic E-state index is 5.74. The molecule has 2 rings (SSSR count). The standard InChI is InChI=1S/C15H15BrN2S/c1-9-7-11(8-10(2)14(9)16)18-13-6-4-3-5-12(13)15(17)19/h3-8,18H,1-2H3,(H2,17,19). The second-order valence-electron chi connectivity index (χ2n) is 4.46. The Balaban J connectivity index is 2.39. The van der Waals surface area contributed by atoms with E-state index < -0.39 is 0 Å². The third kappa shape index (κ3) is 3.14. The van der Waals surface area contributed by atoms with Gasteiger partial charge in [0.25, 0.3) is 0 Å². The Kier molecular flexibility index (Phi) is 4.22. The largest absolute Gasteiger partial charge is 0.389 e. The van der Waals surface area contributed by atoms with Crippen molar-refractivity contribution < 1.29 is 0 Å². The summed E-state index contributed by atoms with van der Waals surface area (Å²) in [6.07, 6.45) is 0. The highest BCUT2D eigenvalue weighted by atomic mass is 79.9. The van der Waals surface area contributed by atoms with E-state index in [4.69, 9.17) is 18.0 Å². The highest BCUT2D eigenvalue weighted by Gasteiger charge is 2.06. The molecule has 0 aliphatic heterocycles. The molecule has 0 bridgehead atoms. The Morgan fingerprint density at radius 3 is 2.32 bits per heavy atom. The normalized spacial score (nSPS) is 10.3. The Morgan fingerprint density at radius 1 is 1.16 bits per heavy atom. The number of halogens is 1. The van der Waals surface area contributed by atoms with Gasteiger partial charge in [0.2, 0.25) is 0 Å². The summed E-state index contributed by atoms with van der Waals surface area (Å²) in [5, 5.41) is 3.37. The minimum absolute atomic E-state index is 0.397. The van der Waals surface area contributed by atoms with E-state index in [1.807, 2.05) is 24.3 Å². The Bertz CT molecular complexity index is 615. The molecule has 2 nitrogen and oxygen atoms in total. The van der Waals surface area contributed by atoms with E-state index >= 15 is 0 Å². The minimum atomic E-state index is 0.397. The third-order valence-electron chi connectivity index (χ3n) is 2.91. The van der Waals surface area contributed by atoms with Crippen LogP contribution in [0.25, 0.3) is 0 Å². The van der Waals surface area contributed by atoms with Gasteiger partial charge in [-0.3, -0.25) is 0 Å². The van der Waals surface area contributed by atoms with Crippen molar-refractivity contribution in [2.24, 2.45) is 5.73 Å². The number of rotatable bonds is 3. The van der Waals surface area contributed by atoms with Gasteiger partial charge >= 0.3 is 0 Å². The zero-order chi connectivity index (χ0) is 14.0. The molecule has 4 heteroatoms. The molecule has 0 radical (unpaired) electrons. The van der Waals surface area contributed by atoms with Crippen molar-refractivity contribution in [2.45, 2.75) is 13.8 Å². The van der Waals surface area contributed by atoms with Crippen molar-refractivity contribution >= 4 is 44.5 Å². The highest BCUT2D eigenvalue weighted by Crippen LogP contribution is 2.28. The Morgan fingerprint density at radius 2 is 1.74 bits per heavy atom. The van der Waals surface area contributed by atoms with Gasteiger partial charge in [-0.25, -0.2) is 0 Å². The lowest BCUT2D eigenvalue weighted by Gasteiger charge is -2.13. The second-order valence-corrected chi connectivity index (χ2v) is 5.69. The van der Waals surface area contributed by atoms with E-state index in [1.54, 1.807) is 0 Å². The van der Waals surface area contributed by atoms with Crippen LogP contribution in [0, 0.1) is 13.8 Å². The van der Waals surface area contributed by atoms with Crippen molar-refractivity contribution in [3.8, 4) is 0 Å². The molecular formula is C15H15BrN2S. The SMILES string of the molecule is Cc1cc(Nc2ccccc2C(N)=S)cc(C)c1Br. The van der Waals surface area contributed by atoms with Gasteiger partial charge in [-0.05, 0) is 49.2 Å². The average Bonchev–Trinajstić information content (AvgIpc) is 2.36. The summed E-state index contributed by atoms with van der Waals surface area (Å²) in [5.41, 5.74) is 10.9. The number of nitrogens with one attached hydrogen (secondary N) is 1. The van der Waals surface area contributed by atoms with Crippen LogP contribution in [0.3, 0.4) is 0 Å². The van der Waals surface area contributed by atoms with Crippen molar-refractivity contribution in [1.82, 2.24) is 0 Å². The Labute approximate surface area is 127 Å². The fraction of sp³-hybridized carbons (Fsp3) is 0.133. The molecule has 19 heavy (non-hydrogen) atoms. The first-order valence-electron chi connectivity index (χ1n) is 5.91. The molecule has 0 atom stereocenters. The first-order chi connectivity index (χ1) is 8.99. The van der Waals surface area contributed by atoms with Crippen LogP contribution in [0.15, 0.2) is 40.9 Å². The van der Waals surface area contributed by atoms with E-state index in [-0.39, 0.29) is 0 Å². The van der Waals surface area contributed by atoms with E-state index in [1.165, 1.54) is 11.1 Å². The molecule has 3 N–H and O–H groups in total. The van der Waals surface area contributed by atoms with Gasteiger partial charge in [-0.15, -0.1) is 0 Å². The van der Waals surface area contributed by atoms with Gasteiger partial charge in [0.1, 0.15) is 4.99 Å². The van der Waals surface area contributed by atoms with Crippen LogP contribution in [0.5, 0.6) is 0 Å². The van der Waals surface area contributed by atoms with Crippen LogP contribution in [-0.2, 0) is 0 Å². The van der Waals surface area contributed by atoms with E-state index in [0.717, 1.165) is 21.4 Å².